The van der Waals surface area contributed by atoms with Crippen LogP contribution in [0.3, 0.4) is 0 Å². The first-order chi connectivity index (χ1) is 9.34. The second-order valence-electron chi connectivity index (χ2n) is 4.81. The maximum Gasteiger partial charge on any atom is 0.0590 e. The highest BCUT2D eigenvalue weighted by Gasteiger charge is 2.03. The second-order valence-corrected chi connectivity index (χ2v) is 4.81. The van der Waals surface area contributed by atoms with Gasteiger partial charge >= 0.3 is 0 Å². The third kappa shape index (κ3) is 7.98. The van der Waals surface area contributed by atoms with Crippen molar-refractivity contribution in [3.63, 3.8) is 0 Å². The highest BCUT2D eigenvalue weighted by molar-refractivity contribution is 5.18. The highest BCUT2D eigenvalue weighted by Crippen LogP contribution is 2.17. The predicted molar refractivity (Wildman–Crippen MR) is 79.7 cm³/mol. The molecule has 0 bridgehead atoms. The van der Waals surface area contributed by atoms with Crippen LogP contribution in [0, 0.1) is 0 Å². The van der Waals surface area contributed by atoms with E-state index in [2.05, 4.69) is 42.6 Å². The van der Waals surface area contributed by atoms with Crippen LogP contribution in [0.2, 0.25) is 0 Å². The third-order valence-corrected chi connectivity index (χ3v) is 3.18. The number of rotatable bonds is 11. The van der Waals surface area contributed by atoms with Crippen molar-refractivity contribution in [3.8, 4) is 0 Å². The minimum atomic E-state index is 0.608. The Balaban J connectivity index is 1.93. The molecule has 0 aliphatic carbocycles. The normalized spacial score (nSPS) is 12.5. The second kappa shape index (κ2) is 11.0. The van der Waals surface area contributed by atoms with Crippen molar-refractivity contribution in [2.45, 2.75) is 25.7 Å². The van der Waals surface area contributed by atoms with Gasteiger partial charge in [0.1, 0.15) is 0 Å². The molecule has 0 spiro atoms. The summed E-state index contributed by atoms with van der Waals surface area (Å²) in [7, 11) is 1.72. The van der Waals surface area contributed by atoms with E-state index in [0.717, 1.165) is 45.8 Å². The van der Waals surface area contributed by atoms with Crippen LogP contribution in [0.1, 0.15) is 31.2 Å². The molecule has 3 heteroatoms. The van der Waals surface area contributed by atoms with Crippen LogP contribution in [0.5, 0.6) is 0 Å². The molecule has 0 amide bonds. The van der Waals surface area contributed by atoms with Gasteiger partial charge in [0.15, 0.2) is 0 Å². The van der Waals surface area contributed by atoms with E-state index < -0.39 is 0 Å². The minimum Gasteiger partial charge on any atom is -0.385 e. The molecule has 0 heterocycles. The summed E-state index contributed by atoms with van der Waals surface area (Å²) < 4.78 is 10.4. The Labute approximate surface area is 117 Å². The molecule has 0 aliphatic rings. The molecule has 0 aliphatic heterocycles. The molecule has 0 saturated carbocycles. The quantitative estimate of drug-likeness (QED) is 0.624. The van der Waals surface area contributed by atoms with Crippen LogP contribution in [-0.2, 0) is 9.47 Å². The molecule has 1 aromatic carbocycles. The van der Waals surface area contributed by atoms with E-state index in [0.29, 0.717) is 5.92 Å². The number of ether oxygens (including phenoxy) is 2. The van der Waals surface area contributed by atoms with Gasteiger partial charge in [-0.15, -0.1) is 0 Å². The average molecular weight is 265 g/mol. The number of nitrogens with one attached hydrogen (secondary N) is 1. The lowest BCUT2D eigenvalue weighted by Gasteiger charge is -2.12. The van der Waals surface area contributed by atoms with E-state index in [1.54, 1.807) is 7.11 Å². The Morgan fingerprint density at radius 2 is 1.84 bits per heavy atom. The molecular formula is C16H27NO2. The fourth-order valence-electron chi connectivity index (χ4n) is 1.94. The third-order valence-electron chi connectivity index (χ3n) is 3.18. The van der Waals surface area contributed by atoms with Crippen LogP contribution in [-0.4, -0.2) is 40.0 Å². The van der Waals surface area contributed by atoms with Gasteiger partial charge in [-0.2, -0.15) is 0 Å². The molecule has 1 atom stereocenters. The molecule has 3 nitrogen and oxygen atoms in total. The summed E-state index contributed by atoms with van der Waals surface area (Å²) in [6, 6.07) is 10.7. The topological polar surface area (TPSA) is 30.5 Å². The Kier molecular flexibility index (Phi) is 9.33. The van der Waals surface area contributed by atoms with E-state index in [-0.39, 0.29) is 0 Å². The van der Waals surface area contributed by atoms with E-state index in [9.17, 15) is 0 Å². The van der Waals surface area contributed by atoms with Crippen molar-refractivity contribution in [2.75, 3.05) is 40.0 Å². The molecule has 1 aromatic rings. The van der Waals surface area contributed by atoms with Gasteiger partial charge in [-0.25, -0.2) is 0 Å². The van der Waals surface area contributed by atoms with E-state index in [1.165, 1.54) is 5.56 Å². The van der Waals surface area contributed by atoms with Crippen molar-refractivity contribution < 1.29 is 9.47 Å². The fraction of sp³-hybridized carbons (Fsp3) is 0.625. The number of hydrogen-bond donors (Lipinski definition) is 1. The van der Waals surface area contributed by atoms with Crippen LogP contribution < -0.4 is 5.32 Å². The minimum absolute atomic E-state index is 0.608. The first-order valence-electron chi connectivity index (χ1n) is 7.17. The van der Waals surface area contributed by atoms with Gasteiger partial charge in [-0.05, 0) is 30.9 Å². The van der Waals surface area contributed by atoms with Crippen LogP contribution in [0.25, 0.3) is 0 Å². The van der Waals surface area contributed by atoms with Crippen molar-refractivity contribution in [3.05, 3.63) is 35.9 Å². The Hall–Kier alpha value is -0.900. The first kappa shape index (κ1) is 16.2. The molecule has 0 radical (unpaired) electrons. The van der Waals surface area contributed by atoms with Gasteiger partial charge < -0.3 is 14.8 Å². The van der Waals surface area contributed by atoms with Crippen molar-refractivity contribution in [2.24, 2.45) is 0 Å². The summed E-state index contributed by atoms with van der Waals surface area (Å²) in [4.78, 5) is 0. The lowest BCUT2D eigenvalue weighted by atomic mass is 9.98. The zero-order valence-corrected chi connectivity index (χ0v) is 12.2. The van der Waals surface area contributed by atoms with Crippen LogP contribution in [0.4, 0.5) is 0 Å². The zero-order valence-electron chi connectivity index (χ0n) is 12.2. The zero-order chi connectivity index (χ0) is 13.8. The molecule has 1 N–H and O–H groups in total. The smallest absolute Gasteiger partial charge is 0.0590 e. The number of hydrogen-bond acceptors (Lipinski definition) is 3. The van der Waals surface area contributed by atoms with Gasteiger partial charge in [-0.1, -0.05) is 37.3 Å². The molecule has 1 rings (SSSR count). The predicted octanol–water partition coefficient (Wildman–Crippen LogP) is 2.82. The molecule has 108 valence electrons. The van der Waals surface area contributed by atoms with Gasteiger partial charge in [0.25, 0.3) is 0 Å². The van der Waals surface area contributed by atoms with E-state index in [4.69, 9.17) is 9.47 Å². The van der Waals surface area contributed by atoms with Gasteiger partial charge in [0, 0.05) is 26.9 Å². The number of benzene rings is 1. The summed E-state index contributed by atoms with van der Waals surface area (Å²) in [6.07, 6.45) is 2.13. The summed E-state index contributed by atoms with van der Waals surface area (Å²) in [5.41, 5.74) is 1.42. The lowest BCUT2D eigenvalue weighted by Crippen LogP contribution is -2.22. The highest BCUT2D eigenvalue weighted by atomic mass is 16.5. The van der Waals surface area contributed by atoms with E-state index in [1.807, 2.05) is 0 Å². The van der Waals surface area contributed by atoms with Crippen LogP contribution >= 0.6 is 0 Å². The van der Waals surface area contributed by atoms with Crippen molar-refractivity contribution in [1.29, 1.82) is 0 Å². The first-order valence-corrected chi connectivity index (χ1v) is 7.17. The number of methoxy groups -OCH3 is 1. The lowest BCUT2D eigenvalue weighted by molar-refractivity contribution is 0.104. The molecule has 19 heavy (non-hydrogen) atoms. The largest absolute Gasteiger partial charge is 0.385 e. The fourth-order valence-corrected chi connectivity index (χ4v) is 1.94. The molecule has 0 saturated heterocycles. The Morgan fingerprint density at radius 1 is 1.05 bits per heavy atom. The molecule has 0 aromatic heterocycles. The molecular weight excluding hydrogens is 238 g/mol. The van der Waals surface area contributed by atoms with Crippen molar-refractivity contribution in [1.82, 2.24) is 5.32 Å². The van der Waals surface area contributed by atoms with Crippen LogP contribution in [0.15, 0.2) is 30.3 Å². The van der Waals surface area contributed by atoms with Gasteiger partial charge in [-0.3, -0.25) is 0 Å². The summed E-state index contributed by atoms with van der Waals surface area (Å²) in [6.45, 7) is 6.59. The maximum atomic E-state index is 5.48. The standard InChI is InChI=1S/C16H27NO2/c1-15(16-7-4-3-5-8-16)9-10-17-11-14-19-13-6-12-18-2/h3-5,7-8,15,17H,6,9-14H2,1-2H3. The summed E-state index contributed by atoms with van der Waals surface area (Å²) in [5.74, 6) is 0.608. The van der Waals surface area contributed by atoms with Crippen molar-refractivity contribution >= 4 is 0 Å². The van der Waals surface area contributed by atoms with Gasteiger partial charge in [0.05, 0.1) is 6.61 Å². The summed E-state index contributed by atoms with van der Waals surface area (Å²) >= 11 is 0. The average Bonchev–Trinajstić information content (AvgIpc) is 2.46. The maximum absolute atomic E-state index is 5.48. The Morgan fingerprint density at radius 3 is 2.58 bits per heavy atom. The summed E-state index contributed by atoms with van der Waals surface area (Å²) in [5, 5.41) is 3.42. The van der Waals surface area contributed by atoms with E-state index >= 15 is 0 Å². The monoisotopic (exact) mass is 265 g/mol. The van der Waals surface area contributed by atoms with Gasteiger partial charge in [0.2, 0.25) is 0 Å². The molecule has 1 unspecified atom stereocenters. The molecule has 0 fully saturated rings. The SMILES string of the molecule is COCCCOCCNCCC(C)c1ccccc1. The Bertz CT molecular complexity index is 303.